The number of allylic oxidation sites excluding steroid dienone is 11. The summed E-state index contributed by atoms with van der Waals surface area (Å²) in [5, 5.41) is 57.3. The first-order valence-corrected chi connectivity index (χ1v) is 36.7. The van der Waals surface area contributed by atoms with Gasteiger partial charge in [0.15, 0.2) is 12.4 Å². The fourth-order valence-electron chi connectivity index (χ4n) is 11.4. The number of aliphatic hydroxyl groups excluding tert-OH is 5. The highest BCUT2D eigenvalue weighted by molar-refractivity contribution is 5.80. The van der Waals surface area contributed by atoms with E-state index >= 15 is 0 Å². The van der Waals surface area contributed by atoms with Crippen LogP contribution in [-0.4, -0.2) is 99.6 Å². The van der Waals surface area contributed by atoms with Gasteiger partial charge in [0.1, 0.15) is 24.4 Å². The van der Waals surface area contributed by atoms with Crippen molar-refractivity contribution in [3.05, 3.63) is 72.9 Å². The third-order valence-corrected chi connectivity index (χ3v) is 17.1. The topological polar surface area (TPSA) is 175 Å². The lowest BCUT2D eigenvalue weighted by molar-refractivity contribution is -0.305. The molecule has 1 rings (SSSR count). The molecular weight excluding hydrogens is 1090 g/mol. The zero-order valence-electron chi connectivity index (χ0n) is 56.4. The molecule has 11 nitrogen and oxygen atoms in total. The Bertz CT molecular complexity index is 1690. The van der Waals surface area contributed by atoms with Crippen molar-refractivity contribution in [2.45, 2.75) is 384 Å². The first-order chi connectivity index (χ1) is 42.7. The van der Waals surface area contributed by atoms with Crippen molar-refractivity contribution >= 4 is 11.9 Å². The molecule has 11 heteroatoms. The van der Waals surface area contributed by atoms with Crippen LogP contribution in [0.4, 0.5) is 0 Å². The average molecular weight is 1220 g/mol. The van der Waals surface area contributed by atoms with Crippen molar-refractivity contribution in [3.63, 3.8) is 0 Å². The molecule has 1 saturated heterocycles. The van der Waals surface area contributed by atoms with Crippen LogP contribution in [0, 0.1) is 0 Å². The van der Waals surface area contributed by atoms with Gasteiger partial charge in [0, 0.05) is 6.42 Å². The van der Waals surface area contributed by atoms with E-state index in [1.807, 2.05) is 6.08 Å². The number of carbonyl (C=O) groups excluding carboxylic acids is 2. The summed E-state index contributed by atoms with van der Waals surface area (Å²) in [7, 11) is 0. The highest BCUT2D eigenvalue weighted by Crippen LogP contribution is 2.26. The number of carbonyl (C=O) groups is 2. The van der Waals surface area contributed by atoms with Crippen LogP contribution in [0.3, 0.4) is 0 Å². The molecule has 0 saturated carbocycles. The molecule has 0 spiro atoms. The summed E-state index contributed by atoms with van der Waals surface area (Å²) in [6.45, 7) is 5.72. The van der Waals surface area contributed by atoms with Crippen molar-refractivity contribution < 1.29 is 49.3 Å². The van der Waals surface area contributed by atoms with Gasteiger partial charge < -0.3 is 45.1 Å². The van der Waals surface area contributed by atoms with E-state index in [0.29, 0.717) is 12.8 Å². The van der Waals surface area contributed by atoms with Crippen LogP contribution in [0.15, 0.2) is 72.9 Å². The Morgan fingerprint density at radius 2 is 0.828 bits per heavy atom. The quantitative estimate of drug-likeness (QED) is 0.0195. The molecule has 6 N–H and O–H groups in total. The fraction of sp³-hybridized carbons (Fsp3) is 0.816. The van der Waals surface area contributed by atoms with E-state index in [2.05, 4.69) is 86.8 Å². The fourth-order valence-corrected chi connectivity index (χ4v) is 11.4. The van der Waals surface area contributed by atoms with Crippen LogP contribution >= 0.6 is 0 Å². The van der Waals surface area contributed by atoms with Crippen LogP contribution in [0.25, 0.3) is 0 Å². The van der Waals surface area contributed by atoms with Gasteiger partial charge in [-0.25, -0.2) is 0 Å². The van der Waals surface area contributed by atoms with E-state index < -0.39 is 67.4 Å². The van der Waals surface area contributed by atoms with E-state index in [4.69, 9.17) is 14.2 Å². The smallest absolute Gasteiger partial charge is 0.306 e. The van der Waals surface area contributed by atoms with Crippen molar-refractivity contribution in [1.82, 2.24) is 5.32 Å². The Labute approximate surface area is 534 Å². The summed E-state index contributed by atoms with van der Waals surface area (Å²) < 4.78 is 17.7. The Kier molecular flexibility index (Phi) is 59.7. The number of hydrogen-bond acceptors (Lipinski definition) is 10. The maximum Gasteiger partial charge on any atom is 0.306 e. The van der Waals surface area contributed by atoms with Gasteiger partial charge in [0.05, 0.1) is 25.4 Å². The van der Waals surface area contributed by atoms with Gasteiger partial charge in [0.25, 0.3) is 0 Å². The normalized spacial score (nSPS) is 18.6. The number of unbranched alkanes of at least 4 members (excludes halogenated alkanes) is 39. The van der Waals surface area contributed by atoms with Gasteiger partial charge in [-0.2, -0.15) is 0 Å². The second-order valence-electron chi connectivity index (χ2n) is 25.3. The van der Waals surface area contributed by atoms with Crippen molar-refractivity contribution in [2.75, 3.05) is 13.2 Å². The average Bonchev–Trinajstić information content (AvgIpc) is 1.52. The number of rotatable bonds is 63. The third kappa shape index (κ3) is 50.4. The number of nitrogens with one attached hydrogen (secondary N) is 1. The van der Waals surface area contributed by atoms with Gasteiger partial charge in [-0.3, -0.25) is 9.59 Å². The number of amides is 1. The van der Waals surface area contributed by atoms with Crippen molar-refractivity contribution in [2.24, 2.45) is 0 Å². The number of ether oxygens (including phenoxy) is 3. The Hall–Kier alpha value is -2.90. The van der Waals surface area contributed by atoms with Gasteiger partial charge in [-0.05, 0) is 70.6 Å². The number of esters is 1. The summed E-state index contributed by atoms with van der Waals surface area (Å²) in [5.41, 5.74) is 0. The molecule has 8 unspecified atom stereocenters. The standard InChI is InChI=1S/C76H137NO10/c1-4-7-10-13-16-19-22-25-27-29-31-32-33-34-35-36-37-39-40-42-45-48-51-54-57-60-63-69(80)75(84)77-67(68(79)62-59-56-53-50-47-44-24-21-18-15-12-9-6-3)66-85-76-74(73(83)72(82)70(65-78)86-76)87-71(81)64-61-58-55-52-49-46-43-41-38-30-28-26-23-20-17-14-11-8-5-2/h7,10,16,19,25,27,31-32,34-35,59,62,67-70,72-74,76,78-80,82-83H,4-6,8-9,11-15,17-18,20-24,26,28-30,33,36-58,60-61,63-66H2,1-3H3,(H,77,84)/b10-7-,19-16-,27-25-,32-31-,35-34-,62-59+. The molecule has 0 aromatic heterocycles. The molecule has 0 aromatic carbocycles. The molecule has 87 heavy (non-hydrogen) atoms. The maximum atomic E-state index is 13.5. The third-order valence-electron chi connectivity index (χ3n) is 17.1. The molecule has 0 radical (unpaired) electrons. The Morgan fingerprint density at radius 3 is 1.24 bits per heavy atom. The van der Waals surface area contributed by atoms with Gasteiger partial charge in [0.2, 0.25) is 5.91 Å². The van der Waals surface area contributed by atoms with E-state index in [9.17, 15) is 35.1 Å². The minimum atomic E-state index is -1.61. The summed E-state index contributed by atoms with van der Waals surface area (Å²) >= 11 is 0. The zero-order valence-corrected chi connectivity index (χ0v) is 56.4. The van der Waals surface area contributed by atoms with Crippen molar-refractivity contribution in [1.29, 1.82) is 0 Å². The highest BCUT2D eigenvalue weighted by Gasteiger charge is 2.47. The summed E-state index contributed by atoms with van der Waals surface area (Å²) in [4.78, 5) is 26.7. The molecule has 8 atom stereocenters. The predicted molar refractivity (Wildman–Crippen MR) is 366 cm³/mol. The van der Waals surface area contributed by atoms with Crippen LogP contribution in [0.5, 0.6) is 0 Å². The van der Waals surface area contributed by atoms with E-state index in [-0.39, 0.29) is 19.4 Å². The largest absolute Gasteiger partial charge is 0.454 e. The predicted octanol–water partition coefficient (Wildman–Crippen LogP) is 19.1. The summed E-state index contributed by atoms with van der Waals surface area (Å²) in [6.07, 6.45) is 72.2. The molecule has 0 aromatic rings. The van der Waals surface area contributed by atoms with Crippen LogP contribution in [0.1, 0.15) is 335 Å². The Morgan fingerprint density at radius 1 is 0.460 bits per heavy atom. The number of hydrogen-bond donors (Lipinski definition) is 6. The molecule has 1 amide bonds. The minimum Gasteiger partial charge on any atom is -0.454 e. The molecular formula is C76H137NO10. The molecule has 1 aliphatic heterocycles. The van der Waals surface area contributed by atoms with Crippen LogP contribution < -0.4 is 5.32 Å². The molecule has 506 valence electrons. The molecule has 1 fully saturated rings. The summed E-state index contributed by atoms with van der Waals surface area (Å²) in [6, 6.07) is -1.03. The lowest BCUT2D eigenvalue weighted by Crippen LogP contribution is -2.61. The molecule has 1 aliphatic rings. The first-order valence-electron chi connectivity index (χ1n) is 36.7. The Balaban J connectivity index is 2.57. The summed E-state index contributed by atoms with van der Waals surface area (Å²) in [5.74, 6) is -1.19. The lowest BCUT2D eigenvalue weighted by atomic mass is 9.99. The first kappa shape index (κ1) is 82.1. The van der Waals surface area contributed by atoms with E-state index in [1.165, 1.54) is 193 Å². The lowest BCUT2D eigenvalue weighted by Gasteiger charge is -2.41. The maximum absolute atomic E-state index is 13.5. The van der Waals surface area contributed by atoms with E-state index in [0.717, 1.165) is 96.3 Å². The van der Waals surface area contributed by atoms with E-state index in [1.54, 1.807) is 6.08 Å². The second-order valence-corrected chi connectivity index (χ2v) is 25.3. The molecule has 0 bridgehead atoms. The number of aliphatic hydroxyl groups is 5. The van der Waals surface area contributed by atoms with Gasteiger partial charge in [-0.15, -0.1) is 0 Å². The molecule has 0 aliphatic carbocycles. The SMILES string of the molecule is CC/C=C\C/C=C\C/C=C\C/C=C\C/C=C\CCCCCCCCCCCCC(O)C(=O)NC(COC1OC(CO)C(O)C(O)C1OC(=O)CCCCCCCCCCCCCCCCCCCCC)C(O)/C=C/CCCCCCCCCCCCC. The van der Waals surface area contributed by atoms with Gasteiger partial charge in [-0.1, -0.05) is 331 Å². The minimum absolute atomic E-state index is 0.126. The van der Waals surface area contributed by atoms with Crippen LogP contribution in [0.2, 0.25) is 0 Å². The second kappa shape index (κ2) is 63.3. The van der Waals surface area contributed by atoms with Crippen LogP contribution in [-0.2, 0) is 23.8 Å². The zero-order chi connectivity index (χ0) is 63.1. The molecule has 1 heterocycles. The monoisotopic (exact) mass is 1220 g/mol. The highest BCUT2D eigenvalue weighted by atomic mass is 16.7. The van der Waals surface area contributed by atoms with Crippen molar-refractivity contribution in [3.8, 4) is 0 Å². The van der Waals surface area contributed by atoms with Gasteiger partial charge >= 0.3 is 5.97 Å².